The number of hydrogen-bond donors (Lipinski definition) is 3. The molecular formula is C21H25ClF2N4. The number of anilines is 2. The Morgan fingerprint density at radius 3 is 2.36 bits per heavy atom. The Kier molecular flexibility index (Phi) is 6.52. The standard InChI is InChI=1S/C19H19ClF2N4.C2H6/c20-13-4-2-1-3-12(13)11-24-18-19(5-7-23-8-6-19)26-17-10-15(22)14(21)9-16(17)25-18;1-2/h1-4,9-10,23,26H,5-8,11H2,(H,24,25);1-2H3. The fourth-order valence-electron chi connectivity index (χ4n) is 3.51. The van der Waals surface area contributed by atoms with Crippen LogP contribution in [0, 0.1) is 11.6 Å². The van der Waals surface area contributed by atoms with Crippen molar-refractivity contribution in [3.8, 4) is 0 Å². The second kappa shape index (κ2) is 8.88. The summed E-state index contributed by atoms with van der Waals surface area (Å²) in [4.78, 5) is 4.76. The lowest BCUT2D eigenvalue weighted by atomic mass is 9.84. The highest BCUT2D eigenvalue weighted by Gasteiger charge is 2.41. The van der Waals surface area contributed by atoms with Crippen LogP contribution in [0.15, 0.2) is 41.4 Å². The second-order valence-electron chi connectivity index (χ2n) is 6.65. The average Bonchev–Trinajstić information content (AvgIpc) is 2.71. The van der Waals surface area contributed by atoms with Crippen molar-refractivity contribution in [3.63, 3.8) is 0 Å². The molecule has 1 spiro atoms. The number of halogens is 3. The van der Waals surface area contributed by atoms with Crippen LogP contribution in [0.1, 0.15) is 32.3 Å². The van der Waals surface area contributed by atoms with Gasteiger partial charge in [-0.05, 0) is 37.6 Å². The lowest BCUT2D eigenvalue weighted by molar-refractivity contribution is 0.418. The molecule has 3 N–H and O–H groups in total. The topological polar surface area (TPSA) is 48.5 Å². The highest BCUT2D eigenvalue weighted by Crippen LogP contribution is 2.37. The van der Waals surface area contributed by atoms with E-state index in [0.29, 0.717) is 22.9 Å². The average molecular weight is 407 g/mol. The predicted octanol–water partition coefficient (Wildman–Crippen LogP) is 5.20. The van der Waals surface area contributed by atoms with Gasteiger partial charge in [0.2, 0.25) is 0 Å². The van der Waals surface area contributed by atoms with E-state index in [1.54, 1.807) is 0 Å². The fraction of sp³-hybridized carbons (Fsp3) is 0.381. The normalized spacial score (nSPS) is 18.5. The zero-order valence-electron chi connectivity index (χ0n) is 16.1. The van der Waals surface area contributed by atoms with Crippen molar-refractivity contribution in [2.24, 2.45) is 4.99 Å². The van der Waals surface area contributed by atoms with Gasteiger partial charge in [-0.25, -0.2) is 8.78 Å². The smallest absolute Gasteiger partial charge is 0.161 e. The van der Waals surface area contributed by atoms with Crippen molar-refractivity contribution in [1.82, 2.24) is 5.32 Å². The Hall–Kier alpha value is -2.18. The zero-order valence-corrected chi connectivity index (χ0v) is 16.8. The number of nitrogens with one attached hydrogen (secondary N) is 3. The van der Waals surface area contributed by atoms with Crippen LogP contribution in [-0.4, -0.2) is 24.5 Å². The van der Waals surface area contributed by atoms with E-state index in [1.807, 2.05) is 38.1 Å². The molecule has 2 aliphatic heterocycles. The molecule has 1 fully saturated rings. The van der Waals surface area contributed by atoms with E-state index in [0.717, 1.165) is 43.4 Å². The van der Waals surface area contributed by atoms with E-state index in [-0.39, 0.29) is 0 Å². The first-order valence-corrected chi connectivity index (χ1v) is 9.98. The number of benzene rings is 2. The molecule has 1 saturated heterocycles. The summed E-state index contributed by atoms with van der Waals surface area (Å²) in [5, 5.41) is 10.6. The maximum atomic E-state index is 13.7. The van der Waals surface area contributed by atoms with E-state index in [2.05, 4.69) is 16.0 Å². The van der Waals surface area contributed by atoms with E-state index in [4.69, 9.17) is 16.6 Å². The van der Waals surface area contributed by atoms with Gasteiger partial charge in [0, 0.05) is 17.2 Å². The Bertz CT molecular complexity index is 863. The molecule has 4 nitrogen and oxygen atoms in total. The molecule has 0 atom stereocenters. The van der Waals surface area contributed by atoms with E-state index in [1.165, 1.54) is 6.07 Å². The monoisotopic (exact) mass is 406 g/mol. The van der Waals surface area contributed by atoms with Crippen molar-refractivity contribution in [2.45, 2.75) is 38.8 Å². The van der Waals surface area contributed by atoms with Crippen LogP contribution < -0.4 is 16.0 Å². The van der Waals surface area contributed by atoms with Crippen molar-refractivity contribution >= 4 is 28.8 Å². The molecule has 0 aromatic heterocycles. The quantitative estimate of drug-likeness (QED) is 0.642. The van der Waals surface area contributed by atoms with Crippen LogP contribution in [0.4, 0.5) is 20.2 Å². The van der Waals surface area contributed by atoms with Crippen LogP contribution in [0.5, 0.6) is 0 Å². The summed E-state index contributed by atoms with van der Waals surface area (Å²) in [5.41, 5.74) is 1.54. The molecule has 2 heterocycles. The summed E-state index contributed by atoms with van der Waals surface area (Å²) in [6, 6.07) is 9.92. The minimum atomic E-state index is -0.884. The summed E-state index contributed by atoms with van der Waals surface area (Å²) < 4.78 is 27.3. The maximum Gasteiger partial charge on any atom is 0.161 e. The van der Waals surface area contributed by atoms with Crippen LogP contribution in [0.3, 0.4) is 0 Å². The third-order valence-corrected chi connectivity index (χ3v) is 5.33. The largest absolute Gasteiger partial charge is 0.371 e. The molecule has 0 bridgehead atoms. The van der Waals surface area contributed by atoms with Gasteiger partial charge in [-0.3, -0.25) is 4.99 Å². The molecule has 7 heteroatoms. The Balaban J connectivity index is 0.00000109. The van der Waals surface area contributed by atoms with Gasteiger partial charge >= 0.3 is 0 Å². The van der Waals surface area contributed by atoms with E-state index >= 15 is 0 Å². The second-order valence-corrected chi connectivity index (χ2v) is 7.06. The molecule has 2 aliphatic rings. The molecule has 0 radical (unpaired) electrons. The number of amidine groups is 1. The first kappa shape index (κ1) is 20.6. The predicted molar refractivity (Wildman–Crippen MR) is 112 cm³/mol. The van der Waals surface area contributed by atoms with Crippen molar-refractivity contribution in [2.75, 3.05) is 23.7 Å². The molecule has 28 heavy (non-hydrogen) atoms. The molecular weight excluding hydrogens is 382 g/mol. The van der Waals surface area contributed by atoms with E-state index < -0.39 is 17.2 Å². The van der Waals surface area contributed by atoms with Crippen molar-refractivity contribution in [3.05, 3.63) is 58.6 Å². The highest BCUT2D eigenvalue weighted by molar-refractivity contribution is 6.31. The van der Waals surface area contributed by atoms with Gasteiger partial charge in [0.25, 0.3) is 0 Å². The molecule has 4 rings (SSSR count). The summed E-state index contributed by atoms with van der Waals surface area (Å²) in [5.74, 6) is -1.01. The summed E-state index contributed by atoms with van der Waals surface area (Å²) >= 11 is 6.23. The molecule has 2 aromatic carbocycles. The Morgan fingerprint density at radius 2 is 1.68 bits per heavy atom. The summed E-state index contributed by atoms with van der Waals surface area (Å²) in [6.45, 7) is 6.05. The zero-order chi connectivity index (χ0) is 20.1. The van der Waals surface area contributed by atoms with Gasteiger partial charge in [0.1, 0.15) is 5.84 Å². The number of hydrogen-bond acceptors (Lipinski definition) is 3. The molecule has 2 aromatic rings. The van der Waals surface area contributed by atoms with Gasteiger partial charge in [-0.1, -0.05) is 43.6 Å². The highest BCUT2D eigenvalue weighted by atomic mass is 35.5. The van der Waals surface area contributed by atoms with Gasteiger partial charge in [0.05, 0.1) is 23.5 Å². The van der Waals surface area contributed by atoms with Gasteiger partial charge < -0.3 is 16.0 Å². The molecule has 0 unspecified atom stereocenters. The van der Waals surface area contributed by atoms with Gasteiger partial charge in [-0.15, -0.1) is 0 Å². The maximum absolute atomic E-state index is 13.7. The first-order chi connectivity index (χ1) is 13.6. The van der Waals surface area contributed by atoms with Crippen molar-refractivity contribution < 1.29 is 8.78 Å². The van der Waals surface area contributed by atoms with Crippen LogP contribution in [-0.2, 0) is 6.54 Å². The van der Waals surface area contributed by atoms with Gasteiger partial charge in [0.15, 0.2) is 11.6 Å². The fourth-order valence-corrected chi connectivity index (χ4v) is 3.71. The van der Waals surface area contributed by atoms with Crippen molar-refractivity contribution in [1.29, 1.82) is 0 Å². The van der Waals surface area contributed by atoms with Gasteiger partial charge in [-0.2, -0.15) is 0 Å². The molecule has 0 amide bonds. The number of rotatable bonds is 2. The molecule has 150 valence electrons. The minimum absolute atomic E-state index is 0.415. The van der Waals surface area contributed by atoms with Crippen LogP contribution in [0.25, 0.3) is 0 Å². The first-order valence-electron chi connectivity index (χ1n) is 9.61. The minimum Gasteiger partial charge on any atom is -0.371 e. The number of aliphatic imine (C=N–C) groups is 1. The number of piperidine rings is 1. The number of nitrogens with zero attached hydrogens (tertiary/aromatic N) is 1. The van der Waals surface area contributed by atoms with Crippen LogP contribution >= 0.6 is 11.6 Å². The lowest BCUT2D eigenvalue weighted by Gasteiger charge is -2.44. The van der Waals surface area contributed by atoms with Crippen LogP contribution in [0.2, 0.25) is 5.02 Å². The SMILES string of the molecule is CC.Fc1cc2c(cc1F)NC1(CCNCC1)C(=NCc1ccccc1Cl)N2. The third-order valence-electron chi connectivity index (χ3n) is 4.96. The summed E-state index contributed by atoms with van der Waals surface area (Å²) in [6.07, 6.45) is 1.58. The Labute approximate surface area is 169 Å². The molecule has 0 aliphatic carbocycles. The summed E-state index contributed by atoms with van der Waals surface area (Å²) in [7, 11) is 0. The third kappa shape index (κ3) is 4.13. The molecule has 0 saturated carbocycles. The number of fused-ring (bicyclic) bond motifs is 1. The lowest BCUT2D eigenvalue weighted by Crippen LogP contribution is -2.57. The van der Waals surface area contributed by atoms with E-state index in [9.17, 15) is 8.78 Å². The Morgan fingerprint density at radius 1 is 1.04 bits per heavy atom.